The molecule has 5 nitrogen and oxygen atoms in total. The van der Waals surface area contributed by atoms with E-state index in [0.29, 0.717) is 12.1 Å². The lowest BCUT2D eigenvalue weighted by atomic mass is 10.0. The Balaban J connectivity index is 2.79. The Hall–Kier alpha value is -1.92. The number of aliphatic hydroxyl groups is 1. The topological polar surface area (TPSA) is 69.0 Å². The molecule has 2 atom stereocenters. The summed E-state index contributed by atoms with van der Waals surface area (Å²) >= 11 is 5.82. The van der Waals surface area contributed by atoms with E-state index in [1.165, 1.54) is 6.92 Å². The van der Waals surface area contributed by atoms with Crippen molar-refractivity contribution in [3.63, 3.8) is 0 Å². The Morgan fingerprint density at radius 3 is 2.96 bits per heavy atom. The third-order valence-electron chi connectivity index (χ3n) is 3.24. The summed E-state index contributed by atoms with van der Waals surface area (Å²) in [5.41, 5.74) is 2.66. The number of alkyl halides is 1. The summed E-state index contributed by atoms with van der Waals surface area (Å²) < 4.78 is 12.8. The molecule has 0 saturated heterocycles. The highest BCUT2D eigenvalue weighted by Crippen LogP contribution is 2.11. The molecule has 0 fully saturated rings. The van der Waals surface area contributed by atoms with Gasteiger partial charge in [-0.1, -0.05) is 11.6 Å². The number of nitrogens with zero attached hydrogens (tertiary/aromatic N) is 2. The summed E-state index contributed by atoms with van der Waals surface area (Å²) in [5, 5.41) is 15.5. The molecule has 0 spiro atoms. The fraction of sp³-hybridized carbons (Fsp3) is 0.412. The first-order valence-corrected chi connectivity index (χ1v) is 8.02. The van der Waals surface area contributed by atoms with E-state index < -0.39 is 6.17 Å². The number of halogens is 2. The Kier molecular flexibility index (Phi) is 9.04. The minimum atomic E-state index is -1.01. The maximum Gasteiger partial charge on any atom is 0.117 e. The molecule has 1 rings (SSSR count). The first-order chi connectivity index (χ1) is 11.5. The number of hydrogen-bond acceptors (Lipinski definition) is 5. The number of allylic oxidation sites excluding steroid dienone is 2. The van der Waals surface area contributed by atoms with Gasteiger partial charge in [0.15, 0.2) is 0 Å². The second-order valence-electron chi connectivity index (χ2n) is 5.31. The lowest BCUT2D eigenvalue weighted by Crippen LogP contribution is -2.31. The molecule has 24 heavy (non-hydrogen) atoms. The van der Waals surface area contributed by atoms with Gasteiger partial charge in [-0.2, -0.15) is 0 Å². The average Bonchev–Trinajstić information content (AvgIpc) is 2.55. The maximum absolute atomic E-state index is 12.8. The van der Waals surface area contributed by atoms with Gasteiger partial charge >= 0.3 is 0 Å². The molecule has 7 heteroatoms. The van der Waals surface area contributed by atoms with Crippen molar-refractivity contribution in [1.82, 2.24) is 10.6 Å². The lowest BCUT2D eigenvalue weighted by molar-refractivity contribution is 0.371. The fourth-order valence-electron chi connectivity index (χ4n) is 2.03. The van der Waals surface area contributed by atoms with Gasteiger partial charge < -0.3 is 15.7 Å². The first-order valence-electron chi connectivity index (χ1n) is 7.64. The second-order valence-corrected chi connectivity index (χ2v) is 5.75. The zero-order valence-corrected chi connectivity index (χ0v) is 14.9. The van der Waals surface area contributed by atoms with Gasteiger partial charge in [0.05, 0.1) is 23.9 Å². The minimum absolute atomic E-state index is 0.0806. The van der Waals surface area contributed by atoms with Crippen molar-refractivity contribution in [1.29, 1.82) is 0 Å². The highest BCUT2D eigenvalue weighted by molar-refractivity contribution is 6.31. The lowest BCUT2D eigenvalue weighted by Gasteiger charge is -2.19. The molecule has 1 heterocycles. The molecule has 1 aliphatic heterocycles. The van der Waals surface area contributed by atoms with E-state index in [2.05, 4.69) is 20.6 Å². The Bertz CT molecular complexity index is 591. The van der Waals surface area contributed by atoms with Crippen LogP contribution in [-0.4, -0.2) is 49.4 Å². The van der Waals surface area contributed by atoms with Gasteiger partial charge in [-0.3, -0.25) is 9.98 Å². The van der Waals surface area contributed by atoms with Crippen LogP contribution in [0, 0.1) is 0 Å². The quantitative estimate of drug-likeness (QED) is 0.356. The zero-order valence-electron chi connectivity index (χ0n) is 14.1. The summed E-state index contributed by atoms with van der Waals surface area (Å²) in [6, 6.07) is 0.0874. The van der Waals surface area contributed by atoms with Crippen LogP contribution in [0.4, 0.5) is 4.39 Å². The fourth-order valence-corrected chi connectivity index (χ4v) is 2.17. The van der Waals surface area contributed by atoms with Crippen molar-refractivity contribution in [2.24, 2.45) is 9.98 Å². The van der Waals surface area contributed by atoms with Crippen molar-refractivity contribution >= 4 is 23.5 Å². The summed E-state index contributed by atoms with van der Waals surface area (Å²) in [6.07, 6.45) is 8.51. The van der Waals surface area contributed by atoms with Crippen molar-refractivity contribution in [2.45, 2.75) is 26.1 Å². The maximum atomic E-state index is 12.8. The van der Waals surface area contributed by atoms with Crippen LogP contribution in [-0.2, 0) is 0 Å². The molecule has 2 unspecified atom stereocenters. The van der Waals surface area contributed by atoms with Crippen LogP contribution in [0.25, 0.3) is 0 Å². The van der Waals surface area contributed by atoms with E-state index in [9.17, 15) is 4.39 Å². The van der Waals surface area contributed by atoms with Crippen LogP contribution in [0.1, 0.15) is 13.8 Å². The summed E-state index contributed by atoms with van der Waals surface area (Å²) in [4.78, 5) is 8.31. The third kappa shape index (κ3) is 7.10. The number of aliphatic imine (C=N–C) groups is 2. The van der Waals surface area contributed by atoms with Gasteiger partial charge in [0.25, 0.3) is 0 Å². The van der Waals surface area contributed by atoms with E-state index in [0.717, 1.165) is 17.5 Å². The number of hydrogen-bond donors (Lipinski definition) is 3. The van der Waals surface area contributed by atoms with Crippen LogP contribution in [0.3, 0.4) is 0 Å². The van der Waals surface area contributed by atoms with Crippen molar-refractivity contribution in [3.8, 4) is 0 Å². The monoisotopic (exact) mass is 354 g/mol. The molecule has 0 saturated carbocycles. The van der Waals surface area contributed by atoms with Gasteiger partial charge in [0.1, 0.15) is 6.17 Å². The third-order valence-corrected chi connectivity index (χ3v) is 3.44. The molecule has 0 amide bonds. The van der Waals surface area contributed by atoms with E-state index in [1.807, 2.05) is 26.2 Å². The molecule has 3 N–H and O–H groups in total. The normalized spacial score (nSPS) is 22.1. The molecular formula is C17H24ClFN4O. The van der Waals surface area contributed by atoms with Gasteiger partial charge in [0, 0.05) is 36.4 Å². The Labute approximate surface area is 147 Å². The summed E-state index contributed by atoms with van der Waals surface area (Å²) in [7, 11) is 1.88. The van der Waals surface area contributed by atoms with E-state index in [1.54, 1.807) is 18.5 Å². The number of nitrogens with one attached hydrogen (secondary N) is 2. The smallest absolute Gasteiger partial charge is 0.117 e. The van der Waals surface area contributed by atoms with Gasteiger partial charge in [-0.15, -0.1) is 0 Å². The van der Waals surface area contributed by atoms with Crippen LogP contribution in [0.2, 0.25) is 0 Å². The predicted octanol–water partition coefficient (Wildman–Crippen LogP) is 3.03. The largest absolute Gasteiger partial charge is 0.514 e. The van der Waals surface area contributed by atoms with Crippen LogP contribution >= 0.6 is 11.6 Å². The van der Waals surface area contributed by atoms with Crippen molar-refractivity contribution < 1.29 is 9.50 Å². The Morgan fingerprint density at radius 1 is 1.58 bits per heavy atom. The molecule has 0 aliphatic carbocycles. The van der Waals surface area contributed by atoms with E-state index in [-0.39, 0.29) is 17.6 Å². The summed E-state index contributed by atoms with van der Waals surface area (Å²) in [6.45, 7) is 3.89. The first kappa shape index (κ1) is 20.1. The van der Waals surface area contributed by atoms with Crippen molar-refractivity contribution in [3.05, 3.63) is 47.0 Å². The highest BCUT2D eigenvalue weighted by atomic mass is 35.5. The molecular weight excluding hydrogens is 331 g/mol. The van der Waals surface area contributed by atoms with Crippen LogP contribution in [0.5, 0.6) is 0 Å². The molecule has 132 valence electrons. The second kappa shape index (κ2) is 10.8. The molecule has 0 radical (unpaired) electrons. The molecule has 0 aromatic heterocycles. The van der Waals surface area contributed by atoms with E-state index >= 15 is 0 Å². The molecule has 0 aromatic rings. The minimum Gasteiger partial charge on any atom is -0.514 e. The van der Waals surface area contributed by atoms with Gasteiger partial charge in [-0.25, -0.2) is 4.39 Å². The molecule has 0 aromatic carbocycles. The predicted molar refractivity (Wildman–Crippen MR) is 99.8 cm³/mol. The van der Waals surface area contributed by atoms with Gasteiger partial charge in [0.2, 0.25) is 0 Å². The number of aliphatic hydroxyl groups excluding tert-OH is 1. The molecule has 1 aliphatic rings. The van der Waals surface area contributed by atoms with Crippen molar-refractivity contribution in [2.75, 3.05) is 20.1 Å². The van der Waals surface area contributed by atoms with Crippen LogP contribution in [0.15, 0.2) is 57.0 Å². The zero-order chi connectivity index (χ0) is 17.9. The highest BCUT2D eigenvalue weighted by Gasteiger charge is 2.14. The van der Waals surface area contributed by atoms with E-state index in [4.69, 9.17) is 16.7 Å². The number of rotatable bonds is 8. The molecule has 0 bridgehead atoms. The average molecular weight is 355 g/mol. The standard InChI is InChI=1S/C17H24ClFN4O/c1-12(19)7-21-8-14(6-15(18)11-24)9-22-10-16-13(2)23-5-4-17(16)20-3/h4-6,8,10-12,17,20,22,24H,7,9H2,1-3H3/b14-6+,15-11-,16-10-,21-8-. The summed E-state index contributed by atoms with van der Waals surface area (Å²) in [5.74, 6) is 0. The van der Waals surface area contributed by atoms with Crippen LogP contribution < -0.4 is 10.6 Å². The Morgan fingerprint density at radius 2 is 2.33 bits per heavy atom. The SMILES string of the molecule is CNC1C=CN=C(C)/C1=C/NCC(/C=N\CC(C)F)=C/C(Cl)=C/O. The number of likely N-dealkylation sites (N-methyl/N-ethyl adjacent to an activating group) is 1. The van der Waals surface area contributed by atoms with Gasteiger partial charge in [-0.05, 0) is 38.6 Å².